The molecule has 1 heterocycles. The quantitative estimate of drug-likeness (QED) is 0.848. The predicted molar refractivity (Wildman–Crippen MR) is 84.0 cm³/mol. The number of carbonyl (C=O) groups is 1. The number of hydrogen-bond acceptors (Lipinski definition) is 4. The zero-order valence-corrected chi connectivity index (χ0v) is 13.6. The van der Waals surface area contributed by atoms with Crippen molar-refractivity contribution in [2.75, 3.05) is 5.32 Å². The SMILES string of the molecule is CCc1nc(Br)cc(Sc2ccc(NC(C)=O)cc2)n1. The van der Waals surface area contributed by atoms with Gasteiger partial charge in [0.2, 0.25) is 5.91 Å². The van der Waals surface area contributed by atoms with Crippen LogP contribution in [0.3, 0.4) is 0 Å². The number of hydrogen-bond donors (Lipinski definition) is 1. The monoisotopic (exact) mass is 351 g/mol. The van der Waals surface area contributed by atoms with Gasteiger partial charge in [0.05, 0.1) is 0 Å². The molecule has 1 aromatic heterocycles. The van der Waals surface area contributed by atoms with Crippen LogP contribution in [0.4, 0.5) is 5.69 Å². The van der Waals surface area contributed by atoms with E-state index in [9.17, 15) is 4.79 Å². The number of nitrogens with one attached hydrogen (secondary N) is 1. The second-order valence-electron chi connectivity index (χ2n) is 4.11. The molecule has 1 amide bonds. The molecule has 2 rings (SSSR count). The third-order valence-corrected chi connectivity index (χ3v) is 3.76. The number of rotatable bonds is 4. The highest BCUT2D eigenvalue weighted by Gasteiger charge is 2.04. The van der Waals surface area contributed by atoms with Crippen LogP contribution in [0.15, 0.2) is 44.9 Å². The summed E-state index contributed by atoms with van der Waals surface area (Å²) in [6, 6.07) is 9.56. The molecule has 2 aromatic rings. The highest BCUT2D eigenvalue weighted by molar-refractivity contribution is 9.10. The van der Waals surface area contributed by atoms with Gasteiger partial charge in [-0.3, -0.25) is 4.79 Å². The molecule has 0 aliphatic rings. The first-order chi connectivity index (χ1) is 9.56. The van der Waals surface area contributed by atoms with Gasteiger partial charge < -0.3 is 5.32 Å². The number of carbonyl (C=O) groups excluding carboxylic acids is 1. The highest BCUT2D eigenvalue weighted by Crippen LogP contribution is 2.28. The van der Waals surface area contributed by atoms with E-state index in [1.54, 1.807) is 11.8 Å². The largest absolute Gasteiger partial charge is 0.326 e. The number of nitrogens with zero attached hydrogens (tertiary/aromatic N) is 2. The summed E-state index contributed by atoms with van der Waals surface area (Å²) < 4.78 is 0.793. The Morgan fingerprint density at radius 3 is 2.60 bits per heavy atom. The van der Waals surface area contributed by atoms with E-state index in [-0.39, 0.29) is 5.91 Å². The molecule has 0 saturated carbocycles. The molecule has 4 nitrogen and oxygen atoms in total. The predicted octanol–water partition coefficient (Wildman–Crippen LogP) is 3.91. The highest BCUT2D eigenvalue weighted by atomic mass is 79.9. The van der Waals surface area contributed by atoms with Gasteiger partial charge in [0, 0.05) is 30.0 Å². The summed E-state index contributed by atoms with van der Waals surface area (Å²) in [5.74, 6) is 0.745. The molecule has 0 radical (unpaired) electrons. The molecule has 0 spiro atoms. The van der Waals surface area contributed by atoms with Gasteiger partial charge in [-0.05, 0) is 40.2 Å². The van der Waals surface area contributed by atoms with E-state index in [1.165, 1.54) is 6.92 Å². The summed E-state index contributed by atoms with van der Waals surface area (Å²) in [7, 11) is 0. The summed E-state index contributed by atoms with van der Waals surface area (Å²) >= 11 is 4.96. The van der Waals surface area contributed by atoms with Crippen molar-refractivity contribution < 1.29 is 4.79 Å². The first-order valence-electron chi connectivity index (χ1n) is 6.16. The minimum Gasteiger partial charge on any atom is -0.326 e. The second-order valence-corrected chi connectivity index (χ2v) is 6.01. The third kappa shape index (κ3) is 4.31. The topological polar surface area (TPSA) is 54.9 Å². The average molecular weight is 352 g/mol. The van der Waals surface area contributed by atoms with Gasteiger partial charge in [-0.25, -0.2) is 9.97 Å². The Balaban J connectivity index is 2.13. The number of aryl methyl sites for hydroxylation is 1. The lowest BCUT2D eigenvalue weighted by Crippen LogP contribution is -2.05. The number of anilines is 1. The van der Waals surface area contributed by atoms with Crippen molar-refractivity contribution in [1.82, 2.24) is 9.97 Å². The fourth-order valence-electron chi connectivity index (χ4n) is 1.58. The summed E-state index contributed by atoms with van der Waals surface area (Å²) in [6.07, 6.45) is 0.800. The molecule has 0 bridgehead atoms. The number of benzene rings is 1. The van der Waals surface area contributed by atoms with Crippen LogP contribution in [-0.4, -0.2) is 15.9 Å². The summed E-state index contributed by atoms with van der Waals surface area (Å²) in [4.78, 5) is 20.8. The zero-order chi connectivity index (χ0) is 14.5. The molecule has 0 saturated heterocycles. The Kier molecular flexibility index (Phi) is 5.14. The van der Waals surface area contributed by atoms with Gasteiger partial charge in [-0.1, -0.05) is 18.7 Å². The van der Waals surface area contributed by atoms with Gasteiger partial charge in [-0.2, -0.15) is 0 Å². The van der Waals surface area contributed by atoms with E-state index in [0.717, 1.165) is 32.5 Å². The molecule has 20 heavy (non-hydrogen) atoms. The van der Waals surface area contributed by atoms with Crippen LogP contribution < -0.4 is 5.32 Å². The lowest BCUT2D eigenvalue weighted by molar-refractivity contribution is -0.114. The fourth-order valence-corrected chi connectivity index (χ4v) is 2.99. The van der Waals surface area contributed by atoms with Crippen molar-refractivity contribution in [2.45, 2.75) is 30.2 Å². The third-order valence-electron chi connectivity index (χ3n) is 2.43. The zero-order valence-electron chi connectivity index (χ0n) is 11.2. The van der Waals surface area contributed by atoms with Crippen molar-refractivity contribution in [3.05, 3.63) is 40.8 Å². The van der Waals surface area contributed by atoms with E-state index in [2.05, 4.69) is 31.2 Å². The maximum atomic E-state index is 11.0. The maximum Gasteiger partial charge on any atom is 0.221 e. The van der Waals surface area contributed by atoms with Gasteiger partial charge in [0.25, 0.3) is 0 Å². The molecular weight excluding hydrogens is 338 g/mol. The van der Waals surface area contributed by atoms with E-state index >= 15 is 0 Å². The van der Waals surface area contributed by atoms with Gasteiger partial charge in [-0.15, -0.1) is 0 Å². The smallest absolute Gasteiger partial charge is 0.221 e. The summed E-state index contributed by atoms with van der Waals surface area (Å²) in [5.41, 5.74) is 0.792. The van der Waals surface area contributed by atoms with Gasteiger partial charge in [0.15, 0.2) is 0 Å². The second kappa shape index (κ2) is 6.85. The van der Waals surface area contributed by atoms with Crippen LogP contribution in [0, 0.1) is 0 Å². The molecule has 0 aliphatic carbocycles. The molecule has 104 valence electrons. The Bertz CT molecular complexity index is 616. The molecule has 1 aromatic carbocycles. The van der Waals surface area contributed by atoms with Crippen LogP contribution in [0.25, 0.3) is 0 Å². The van der Waals surface area contributed by atoms with Gasteiger partial charge >= 0.3 is 0 Å². The normalized spacial score (nSPS) is 10.3. The summed E-state index contributed by atoms with van der Waals surface area (Å²) in [5, 5.41) is 3.64. The Hall–Kier alpha value is -1.40. The van der Waals surface area contributed by atoms with Crippen LogP contribution in [-0.2, 0) is 11.2 Å². The number of halogens is 1. The van der Waals surface area contributed by atoms with Crippen molar-refractivity contribution in [3.63, 3.8) is 0 Å². The van der Waals surface area contributed by atoms with E-state index in [4.69, 9.17) is 0 Å². The molecular formula is C14H14BrN3OS. The Labute approximate surface area is 130 Å². The Morgan fingerprint density at radius 1 is 1.30 bits per heavy atom. The molecule has 0 unspecified atom stereocenters. The lowest BCUT2D eigenvalue weighted by Gasteiger charge is -2.05. The Morgan fingerprint density at radius 2 is 2.00 bits per heavy atom. The van der Waals surface area contributed by atoms with E-state index < -0.39 is 0 Å². The van der Waals surface area contributed by atoms with Gasteiger partial charge in [0.1, 0.15) is 15.5 Å². The van der Waals surface area contributed by atoms with Crippen LogP contribution in [0.1, 0.15) is 19.7 Å². The summed E-state index contributed by atoms with van der Waals surface area (Å²) in [6.45, 7) is 3.52. The molecule has 0 fully saturated rings. The molecule has 1 N–H and O–H groups in total. The van der Waals surface area contributed by atoms with Crippen LogP contribution >= 0.6 is 27.7 Å². The van der Waals surface area contributed by atoms with Crippen molar-refractivity contribution in [3.8, 4) is 0 Å². The minimum absolute atomic E-state index is 0.0716. The lowest BCUT2D eigenvalue weighted by atomic mass is 10.3. The van der Waals surface area contributed by atoms with Crippen molar-refractivity contribution in [1.29, 1.82) is 0 Å². The number of amides is 1. The van der Waals surface area contributed by atoms with Crippen LogP contribution in [0.5, 0.6) is 0 Å². The van der Waals surface area contributed by atoms with E-state index in [1.807, 2.05) is 37.3 Å². The first kappa shape index (κ1) is 15.0. The van der Waals surface area contributed by atoms with Crippen molar-refractivity contribution in [2.24, 2.45) is 0 Å². The average Bonchev–Trinajstić information content (AvgIpc) is 2.39. The molecule has 6 heteroatoms. The fraction of sp³-hybridized carbons (Fsp3) is 0.214. The first-order valence-corrected chi connectivity index (χ1v) is 7.76. The van der Waals surface area contributed by atoms with Crippen LogP contribution in [0.2, 0.25) is 0 Å². The standard InChI is InChI=1S/C14H14BrN3OS/c1-3-13-17-12(15)8-14(18-13)20-11-6-4-10(5-7-11)16-9(2)19/h4-8H,3H2,1-2H3,(H,16,19). The maximum absolute atomic E-state index is 11.0. The molecule has 0 atom stereocenters. The van der Waals surface area contributed by atoms with E-state index in [0.29, 0.717) is 0 Å². The minimum atomic E-state index is -0.0716. The number of aromatic nitrogens is 2. The molecule has 0 aliphatic heterocycles. The van der Waals surface area contributed by atoms with Crippen molar-refractivity contribution >= 4 is 39.3 Å².